The number of carbonyl (C=O) groups excluding carboxylic acids is 1. The zero-order chi connectivity index (χ0) is 11.9. The lowest BCUT2D eigenvalue weighted by Crippen LogP contribution is -2.10. The van der Waals surface area contributed by atoms with Gasteiger partial charge >= 0.3 is 0 Å². The number of benzene rings is 1. The first-order chi connectivity index (χ1) is 7.52. The van der Waals surface area contributed by atoms with Crippen molar-refractivity contribution in [2.75, 3.05) is 0 Å². The summed E-state index contributed by atoms with van der Waals surface area (Å²) in [5.74, 6) is -3.46. The number of rotatable bonds is 2. The fourth-order valence-corrected chi connectivity index (χ4v) is 1.77. The van der Waals surface area contributed by atoms with Crippen molar-refractivity contribution in [3.8, 4) is 0 Å². The molecule has 2 rings (SSSR count). The van der Waals surface area contributed by atoms with Crippen molar-refractivity contribution in [3.05, 3.63) is 34.1 Å². The van der Waals surface area contributed by atoms with Crippen LogP contribution in [0.1, 0.15) is 18.4 Å². The van der Waals surface area contributed by atoms with Crippen LogP contribution in [0.4, 0.5) is 13.2 Å². The van der Waals surface area contributed by atoms with Crippen LogP contribution in [-0.2, 0) is 10.3 Å². The van der Waals surface area contributed by atoms with E-state index >= 15 is 0 Å². The second-order valence-corrected chi connectivity index (χ2v) is 3.96. The standard InChI is InChI=1S/C10H5ClF3NO/c11-8-6(13)3-5(12)7(9(8)14)10(1-2-10)15-4-16/h3H,1-2H2. The van der Waals surface area contributed by atoms with Gasteiger partial charge in [0.2, 0.25) is 6.08 Å². The van der Waals surface area contributed by atoms with Crippen LogP contribution >= 0.6 is 11.6 Å². The third-order valence-electron chi connectivity index (χ3n) is 2.56. The summed E-state index contributed by atoms with van der Waals surface area (Å²) in [5, 5.41) is -0.788. The third-order valence-corrected chi connectivity index (χ3v) is 2.91. The molecule has 0 saturated heterocycles. The van der Waals surface area contributed by atoms with E-state index in [1.165, 1.54) is 6.08 Å². The molecule has 1 aliphatic carbocycles. The van der Waals surface area contributed by atoms with Gasteiger partial charge in [-0.3, -0.25) is 0 Å². The van der Waals surface area contributed by atoms with Gasteiger partial charge in [-0.1, -0.05) is 11.6 Å². The SMILES string of the molecule is O=C=NC1(c2c(F)cc(F)c(Cl)c2F)CC1. The van der Waals surface area contributed by atoms with Crippen molar-refractivity contribution < 1.29 is 18.0 Å². The van der Waals surface area contributed by atoms with Gasteiger partial charge < -0.3 is 0 Å². The molecular weight excluding hydrogens is 243 g/mol. The average Bonchev–Trinajstić information content (AvgIpc) is 2.96. The predicted octanol–water partition coefficient (Wildman–Crippen LogP) is 3.08. The summed E-state index contributed by atoms with van der Waals surface area (Å²) in [6.45, 7) is 0. The fraction of sp³-hybridized carbons (Fsp3) is 0.300. The van der Waals surface area contributed by atoms with Gasteiger partial charge in [-0.15, -0.1) is 0 Å². The van der Waals surface area contributed by atoms with Crippen molar-refractivity contribution in [2.45, 2.75) is 18.4 Å². The molecule has 0 atom stereocenters. The van der Waals surface area contributed by atoms with Crippen LogP contribution in [-0.4, -0.2) is 6.08 Å². The first-order valence-corrected chi connectivity index (χ1v) is 4.82. The van der Waals surface area contributed by atoms with Crippen molar-refractivity contribution in [2.24, 2.45) is 4.99 Å². The minimum Gasteiger partial charge on any atom is -0.211 e. The normalized spacial score (nSPS) is 16.8. The maximum Gasteiger partial charge on any atom is 0.235 e. The Kier molecular flexibility index (Phi) is 2.52. The van der Waals surface area contributed by atoms with Crippen LogP contribution < -0.4 is 0 Å². The Morgan fingerprint density at radius 1 is 1.31 bits per heavy atom. The van der Waals surface area contributed by atoms with Crippen LogP contribution in [0.25, 0.3) is 0 Å². The lowest BCUT2D eigenvalue weighted by Gasteiger charge is -2.12. The lowest BCUT2D eigenvalue weighted by atomic mass is 10.0. The van der Waals surface area contributed by atoms with Gasteiger partial charge in [0, 0.05) is 6.07 Å². The molecule has 84 valence electrons. The smallest absolute Gasteiger partial charge is 0.211 e. The van der Waals surface area contributed by atoms with Gasteiger partial charge in [0.15, 0.2) is 5.82 Å². The Labute approximate surface area is 93.7 Å². The number of hydrogen-bond donors (Lipinski definition) is 0. The molecule has 2 nitrogen and oxygen atoms in total. The summed E-state index contributed by atoms with van der Waals surface area (Å²) in [4.78, 5) is 13.5. The van der Waals surface area contributed by atoms with Gasteiger partial charge in [-0.05, 0) is 12.8 Å². The molecule has 1 aromatic rings. The van der Waals surface area contributed by atoms with Crippen LogP contribution in [0.2, 0.25) is 5.02 Å². The highest BCUT2D eigenvalue weighted by molar-refractivity contribution is 6.31. The summed E-state index contributed by atoms with van der Waals surface area (Å²) in [5.41, 5.74) is -1.70. The molecule has 0 radical (unpaired) electrons. The summed E-state index contributed by atoms with van der Waals surface area (Å²) >= 11 is 5.33. The quantitative estimate of drug-likeness (QED) is 0.342. The van der Waals surface area contributed by atoms with Gasteiger partial charge in [0.1, 0.15) is 22.2 Å². The molecule has 0 bridgehead atoms. The number of isocyanates is 1. The molecule has 1 fully saturated rings. The highest BCUT2D eigenvalue weighted by Gasteiger charge is 2.49. The Balaban J connectivity index is 2.66. The molecule has 6 heteroatoms. The summed E-state index contributed by atoms with van der Waals surface area (Å²) in [6, 6.07) is 0.487. The van der Waals surface area contributed by atoms with E-state index in [0.717, 1.165) is 0 Å². The molecule has 0 aromatic heterocycles. The van der Waals surface area contributed by atoms with Crippen molar-refractivity contribution in [1.29, 1.82) is 0 Å². The largest absolute Gasteiger partial charge is 0.235 e. The van der Waals surface area contributed by atoms with E-state index in [1.807, 2.05) is 0 Å². The highest BCUT2D eigenvalue weighted by atomic mass is 35.5. The summed E-state index contributed by atoms with van der Waals surface area (Å²) in [7, 11) is 0. The molecule has 1 aliphatic rings. The highest BCUT2D eigenvalue weighted by Crippen LogP contribution is 2.51. The number of halogens is 4. The second kappa shape index (κ2) is 3.61. The maximum atomic E-state index is 13.6. The average molecular weight is 248 g/mol. The van der Waals surface area contributed by atoms with E-state index in [1.54, 1.807) is 0 Å². The molecule has 0 amide bonds. The third kappa shape index (κ3) is 1.52. The van der Waals surface area contributed by atoms with Crippen LogP contribution in [0, 0.1) is 17.5 Å². The van der Waals surface area contributed by atoms with E-state index in [9.17, 15) is 18.0 Å². The van der Waals surface area contributed by atoms with E-state index in [2.05, 4.69) is 4.99 Å². The Morgan fingerprint density at radius 2 is 1.94 bits per heavy atom. The van der Waals surface area contributed by atoms with Crippen molar-refractivity contribution >= 4 is 17.7 Å². The van der Waals surface area contributed by atoms with Gasteiger partial charge in [-0.25, -0.2) is 18.0 Å². The summed E-state index contributed by atoms with van der Waals surface area (Å²) < 4.78 is 39.9. The molecule has 0 unspecified atom stereocenters. The molecule has 0 aliphatic heterocycles. The van der Waals surface area contributed by atoms with E-state index in [4.69, 9.17) is 11.6 Å². The van der Waals surface area contributed by atoms with Crippen molar-refractivity contribution in [1.82, 2.24) is 0 Å². The molecule has 1 aromatic carbocycles. The Bertz CT molecular complexity index is 507. The lowest BCUT2D eigenvalue weighted by molar-refractivity contribution is 0.496. The topological polar surface area (TPSA) is 29.4 Å². The minimum absolute atomic E-state index is 0.318. The molecule has 0 N–H and O–H groups in total. The van der Waals surface area contributed by atoms with Gasteiger partial charge in [0.05, 0.1) is 5.56 Å². The molecule has 1 saturated carbocycles. The van der Waals surface area contributed by atoms with Crippen molar-refractivity contribution in [3.63, 3.8) is 0 Å². The zero-order valence-electron chi connectivity index (χ0n) is 7.86. The number of nitrogens with zero attached hydrogens (tertiary/aromatic N) is 1. The van der Waals surface area contributed by atoms with Gasteiger partial charge in [-0.2, -0.15) is 4.99 Å². The van der Waals surface area contributed by atoms with Crippen LogP contribution in [0.5, 0.6) is 0 Å². The molecule has 0 heterocycles. The number of hydrogen-bond acceptors (Lipinski definition) is 2. The predicted molar refractivity (Wildman–Crippen MR) is 50.4 cm³/mol. The monoisotopic (exact) mass is 247 g/mol. The number of aliphatic imine (C=N–C) groups is 1. The molecule has 16 heavy (non-hydrogen) atoms. The van der Waals surface area contributed by atoms with E-state index in [0.29, 0.717) is 18.9 Å². The first kappa shape index (κ1) is 11.2. The fourth-order valence-electron chi connectivity index (χ4n) is 1.62. The van der Waals surface area contributed by atoms with E-state index in [-0.39, 0.29) is 0 Å². The second-order valence-electron chi connectivity index (χ2n) is 3.58. The Morgan fingerprint density at radius 3 is 2.44 bits per heavy atom. The maximum absolute atomic E-state index is 13.6. The minimum atomic E-state index is -1.24. The Hall–Kier alpha value is -1.32. The molecular formula is C10H5ClF3NO. The van der Waals surface area contributed by atoms with E-state index < -0.39 is 33.6 Å². The van der Waals surface area contributed by atoms with Crippen LogP contribution in [0.15, 0.2) is 11.1 Å². The summed E-state index contributed by atoms with van der Waals surface area (Å²) in [6.07, 6.45) is 1.90. The van der Waals surface area contributed by atoms with Gasteiger partial charge in [0.25, 0.3) is 0 Å². The first-order valence-electron chi connectivity index (χ1n) is 4.44. The van der Waals surface area contributed by atoms with Crippen LogP contribution in [0.3, 0.4) is 0 Å². The zero-order valence-corrected chi connectivity index (χ0v) is 8.61. The molecule has 0 spiro atoms.